The van der Waals surface area contributed by atoms with E-state index in [1.165, 1.54) is 31.4 Å². The molecule has 0 bridgehead atoms. The molecule has 0 radical (unpaired) electrons. The van der Waals surface area contributed by atoms with Crippen molar-refractivity contribution in [2.75, 3.05) is 0 Å². The maximum atomic E-state index is 2.52. The fourth-order valence-electron chi connectivity index (χ4n) is 1.42. The van der Waals surface area contributed by atoms with Gasteiger partial charge in [0.05, 0.1) is 0 Å². The summed E-state index contributed by atoms with van der Waals surface area (Å²) in [6.45, 7) is 9.44. The maximum Gasteiger partial charge on any atom is 0.0476 e. The first-order chi connectivity index (χ1) is 5.62. The Hall–Kier alpha value is -0.0431. The van der Waals surface area contributed by atoms with Crippen LogP contribution in [0.3, 0.4) is 0 Å². The third-order valence-electron chi connectivity index (χ3n) is 2.43. The first-order valence-corrected chi connectivity index (χ1v) is 8.65. The van der Waals surface area contributed by atoms with Crippen molar-refractivity contribution in [1.29, 1.82) is 0 Å². The molecule has 0 amide bonds. The predicted molar refractivity (Wildman–Crippen MR) is 61.4 cm³/mol. The Morgan fingerprint density at radius 2 is 1.83 bits per heavy atom. The smallest absolute Gasteiger partial charge is 0.0476 e. The van der Waals surface area contributed by atoms with Gasteiger partial charge in [-0.3, -0.25) is 0 Å². The van der Waals surface area contributed by atoms with Gasteiger partial charge in [0.2, 0.25) is 0 Å². The minimum Gasteiger partial charge on any atom is -0.0917 e. The van der Waals surface area contributed by atoms with Crippen molar-refractivity contribution in [2.24, 2.45) is 0 Å². The van der Waals surface area contributed by atoms with Crippen molar-refractivity contribution < 1.29 is 0 Å². The number of rotatable bonds is 6. The average molecular weight is 184 g/mol. The zero-order chi connectivity index (χ0) is 9.45. The summed E-state index contributed by atoms with van der Waals surface area (Å²) in [7, 11) is -0.813. The highest BCUT2D eigenvalue weighted by atomic mass is 28.3. The van der Waals surface area contributed by atoms with Crippen molar-refractivity contribution in [3.8, 4) is 0 Å². The van der Waals surface area contributed by atoms with Gasteiger partial charge in [-0.1, -0.05) is 57.1 Å². The second-order valence-electron chi connectivity index (χ2n) is 4.38. The molecular formula is C11H24Si. The molecule has 0 fully saturated rings. The molecule has 0 aromatic carbocycles. The first kappa shape index (κ1) is 12.0. The highest BCUT2D eigenvalue weighted by Gasteiger charge is 2.17. The van der Waals surface area contributed by atoms with Gasteiger partial charge in [0.15, 0.2) is 0 Å². The summed E-state index contributed by atoms with van der Waals surface area (Å²) in [5.74, 6) is 0. The van der Waals surface area contributed by atoms with Crippen LogP contribution in [0.5, 0.6) is 0 Å². The lowest BCUT2D eigenvalue weighted by molar-refractivity contribution is 0.861. The van der Waals surface area contributed by atoms with Crippen LogP contribution in [0.4, 0.5) is 0 Å². The summed E-state index contributed by atoms with van der Waals surface area (Å²) in [5.41, 5.74) is 0. The third-order valence-corrected chi connectivity index (χ3v) is 5.78. The van der Waals surface area contributed by atoms with Gasteiger partial charge in [-0.05, 0) is 13.3 Å². The van der Waals surface area contributed by atoms with Gasteiger partial charge in [0.25, 0.3) is 0 Å². The molecule has 0 saturated heterocycles. The molecule has 0 unspecified atom stereocenters. The van der Waals surface area contributed by atoms with E-state index in [1.54, 1.807) is 0 Å². The molecule has 0 rings (SSSR count). The van der Waals surface area contributed by atoms with E-state index in [0.29, 0.717) is 0 Å². The molecule has 0 saturated carbocycles. The lowest BCUT2D eigenvalue weighted by Gasteiger charge is -2.20. The number of allylic oxidation sites excluding steroid dienone is 2. The van der Waals surface area contributed by atoms with Gasteiger partial charge in [0, 0.05) is 8.07 Å². The summed E-state index contributed by atoms with van der Waals surface area (Å²) in [6, 6.07) is 2.98. The highest BCUT2D eigenvalue weighted by molar-refractivity contribution is 6.77. The van der Waals surface area contributed by atoms with E-state index in [4.69, 9.17) is 0 Å². The van der Waals surface area contributed by atoms with Gasteiger partial charge in [-0.2, -0.15) is 0 Å². The Labute approximate surface area is 79.1 Å². The quantitative estimate of drug-likeness (QED) is 0.422. The SMILES string of the molecule is CC=CCC[Si](C)(C)CCCC. The van der Waals surface area contributed by atoms with Crippen molar-refractivity contribution in [1.82, 2.24) is 0 Å². The third kappa shape index (κ3) is 6.65. The maximum absolute atomic E-state index is 2.52. The topological polar surface area (TPSA) is 0 Å². The van der Waals surface area contributed by atoms with Crippen molar-refractivity contribution in [3.05, 3.63) is 12.2 Å². The first-order valence-electron chi connectivity index (χ1n) is 5.23. The molecular weight excluding hydrogens is 160 g/mol. The Balaban J connectivity index is 3.55. The molecule has 0 aromatic rings. The highest BCUT2D eigenvalue weighted by Crippen LogP contribution is 2.20. The second kappa shape index (κ2) is 6.47. The minimum atomic E-state index is -0.813. The van der Waals surface area contributed by atoms with E-state index in [2.05, 4.69) is 39.1 Å². The van der Waals surface area contributed by atoms with Crippen LogP contribution in [0.25, 0.3) is 0 Å². The van der Waals surface area contributed by atoms with E-state index < -0.39 is 8.07 Å². The molecule has 0 nitrogen and oxygen atoms in total. The lowest BCUT2D eigenvalue weighted by atomic mass is 10.4. The van der Waals surface area contributed by atoms with Crippen LogP contribution in [0.1, 0.15) is 33.1 Å². The van der Waals surface area contributed by atoms with E-state index in [0.717, 1.165) is 0 Å². The standard InChI is InChI=1S/C11H24Si/c1-5-7-9-11-12(3,4)10-8-6-2/h5,7H,6,8-11H2,1-4H3. The zero-order valence-electron chi connectivity index (χ0n) is 9.19. The van der Waals surface area contributed by atoms with Crippen LogP contribution < -0.4 is 0 Å². The molecule has 1 heteroatoms. The van der Waals surface area contributed by atoms with E-state index >= 15 is 0 Å². The number of hydrogen-bond acceptors (Lipinski definition) is 0. The van der Waals surface area contributed by atoms with Crippen LogP contribution in [0.2, 0.25) is 25.2 Å². The predicted octanol–water partition coefficient (Wildman–Crippen LogP) is 4.46. The number of unbranched alkanes of at least 4 members (excludes halogenated alkanes) is 1. The van der Waals surface area contributed by atoms with E-state index in [1.807, 2.05) is 0 Å². The Kier molecular flexibility index (Phi) is 6.45. The normalized spacial score (nSPS) is 12.7. The average Bonchev–Trinajstić information content (AvgIpc) is 2.01. The fraction of sp³-hybridized carbons (Fsp3) is 0.818. The summed E-state index contributed by atoms with van der Waals surface area (Å²) in [4.78, 5) is 0. The number of hydrogen-bond donors (Lipinski definition) is 0. The van der Waals surface area contributed by atoms with Crippen LogP contribution in [-0.4, -0.2) is 8.07 Å². The van der Waals surface area contributed by atoms with Gasteiger partial charge in [-0.15, -0.1) is 0 Å². The monoisotopic (exact) mass is 184 g/mol. The molecule has 0 aliphatic carbocycles. The molecule has 0 aliphatic rings. The zero-order valence-corrected chi connectivity index (χ0v) is 10.2. The fourth-order valence-corrected chi connectivity index (χ4v) is 3.93. The van der Waals surface area contributed by atoms with Crippen LogP contribution >= 0.6 is 0 Å². The Morgan fingerprint density at radius 1 is 1.17 bits per heavy atom. The second-order valence-corrected chi connectivity index (χ2v) is 9.70. The molecule has 0 heterocycles. The molecule has 0 N–H and O–H groups in total. The van der Waals surface area contributed by atoms with Crippen LogP contribution in [0, 0.1) is 0 Å². The Bertz CT molecular complexity index is 125. The van der Waals surface area contributed by atoms with Gasteiger partial charge in [-0.25, -0.2) is 0 Å². The minimum absolute atomic E-state index is 0.813. The summed E-state index contributed by atoms with van der Waals surface area (Å²) in [5, 5.41) is 0. The molecule has 0 spiro atoms. The lowest BCUT2D eigenvalue weighted by Crippen LogP contribution is -2.24. The Morgan fingerprint density at radius 3 is 2.33 bits per heavy atom. The van der Waals surface area contributed by atoms with Gasteiger partial charge in [0.1, 0.15) is 0 Å². The van der Waals surface area contributed by atoms with E-state index in [9.17, 15) is 0 Å². The summed E-state index contributed by atoms with van der Waals surface area (Å²) < 4.78 is 0. The van der Waals surface area contributed by atoms with E-state index in [-0.39, 0.29) is 0 Å². The molecule has 0 aromatic heterocycles. The van der Waals surface area contributed by atoms with Crippen LogP contribution in [-0.2, 0) is 0 Å². The van der Waals surface area contributed by atoms with Gasteiger partial charge >= 0.3 is 0 Å². The summed E-state index contributed by atoms with van der Waals surface area (Å²) >= 11 is 0. The van der Waals surface area contributed by atoms with Crippen molar-refractivity contribution in [2.45, 2.75) is 58.3 Å². The molecule has 0 aliphatic heterocycles. The van der Waals surface area contributed by atoms with Crippen molar-refractivity contribution >= 4 is 8.07 Å². The summed E-state index contributed by atoms with van der Waals surface area (Å²) in [6.07, 6.45) is 8.58. The van der Waals surface area contributed by atoms with Crippen molar-refractivity contribution in [3.63, 3.8) is 0 Å². The molecule has 12 heavy (non-hydrogen) atoms. The molecule has 0 atom stereocenters. The largest absolute Gasteiger partial charge is 0.0917 e. The molecule has 72 valence electrons. The van der Waals surface area contributed by atoms with Crippen LogP contribution in [0.15, 0.2) is 12.2 Å². The van der Waals surface area contributed by atoms with Gasteiger partial charge < -0.3 is 0 Å².